The van der Waals surface area contributed by atoms with Crippen molar-refractivity contribution in [3.63, 3.8) is 0 Å². The zero-order chi connectivity index (χ0) is 20.6. The molecular weight excluding hydrogens is 448 g/mol. The van der Waals surface area contributed by atoms with Crippen LogP contribution in [0.5, 0.6) is 0 Å². The molecule has 9 heteroatoms. The second-order valence-electron chi connectivity index (χ2n) is 6.26. The zero-order valence-electron chi connectivity index (χ0n) is 15.3. The van der Waals surface area contributed by atoms with Crippen LogP contribution in [-0.4, -0.2) is 20.9 Å². The van der Waals surface area contributed by atoms with Crippen molar-refractivity contribution in [1.29, 1.82) is 0 Å². The molecular formula is C19H16BrClN4O3. The summed E-state index contributed by atoms with van der Waals surface area (Å²) in [6, 6.07) is 7.97. The van der Waals surface area contributed by atoms with Gasteiger partial charge in [0.05, 0.1) is 21.9 Å². The molecule has 0 fully saturated rings. The smallest absolute Gasteiger partial charge is 0.290 e. The average Bonchev–Trinajstić information content (AvgIpc) is 2.93. The van der Waals surface area contributed by atoms with Crippen LogP contribution < -0.4 is 5.56 Å². The molecule has 144 valence electrons. The number of H-pyrrole nitrogens is 1. The van der Waals surface area contributed by atoms with Crippen LogP contribution in [-0.2, 0) is 0 Å². The zero-order valence-corrected chi connectivity index (χ0v) is 17.6. The molecule has 1 aromatic heterocycles. The van der Waals surface area contributed by atoms with Crippen LogP contribution >= 0.6 is 27.5 Å². The third kappa shape index (κ3) is 3.65. The number of rotatable bonds is 4. The maximum atomic E-state index is 12.9. The molecule has 2 aromatic carbocycles. The summed E-state index contributed by atoms with van der Waals surface area (Å²) in [6.07, 6.45) is 1.40. The van der Waals surface area contributed by atoms with Gasteiger partial charge in [0.2, 0.25) is 0 Å². The Labute approximate surface area is 173 Å². The van der Waals surface area contributed by atoms with Crippen molar-refractivity contribution < 1.29 is 4.92 Å². The highest BCUT2D eigenvalue weighted by Gasteiger charge is 2.15. The van der Waals surface area contributed by atoms with Crippen LogP contribution in [0.25, 0.3) is 5.69 Å². The average molecular weight is 464 g/mol. The van der Waals surface area contributed by atoms with E-state index in [9.17, 15) is 14.9 Å². The molecule has 28 heavy (non-hydrogen) atoms. The fourth-order valence-electron chi connectivity index (χ4n) is 2.76. The van der Waals surface area contributed by atoms with Crippen LogP contribution in [0.15, 0.2) is 44.6 Å². The minimum Gasteiger partial charge on any atom is -0.295 e. The second-order valence-corrected chi connectivity index (χ2v) is 7.52. The maximum Gasteiger partial charge on any atom is 0.290 e. The van der Waals surface area contributed by atoms with Crippen LogP contribution in [0.3, 0.4) is 0 Å². The van der Waals surface area contributed by atoms with E-state index in [1.54, 1.807) is 13.0 Å². The number of aryl methyl sites for hydroxylation is 1. The molecule has 0 radical (unpaired) electrons. The van der Waals surface area contributed by atoms with Crippen molar-refractivity contribution in [1.82, 2.24) is 9.78 Å². The molecule has 0 aliphatic carbocycles. The van der Waals surface area contributed by atoms with Crippen molar-refractivity contribution >= 4 is 45.1 Å². The predicted octanol–water partition coefficient (Wildman–Crippen LogP) is 5.17. The molecule has 3 rings (SSSR count). The van der Waals surface area contributed by atoms with E-state index in [4.69, 9.17) is 11.6 Å². The number of nitro benzene ring substituents is 1. The van der Waals surface area contributed by atoms with Gasteiger partial charge in [0, 0.05) is 22.4 Å². The first kappa shape index (κ1) is 20.0. The van der Waals surface area contributed by atoms with Gasteiger partial charge in [0.1, 0.15) is 5.02 Å². The Bertz CT molecular complexity index is 1180. The minimum absolute atomic E-state index is 0.0326. The molecule has 1 N–H and O–H groups in total. The van der Waals surface area contributed by atoms with Gasteiger partial charge in [-0.25, -0.2) is 4.68 Å². The number of nitrogens with one attached hydrogen (secondary N) is 1. The first-order chi connectivity index (χ1) is 13.2. The summed E-state index contributed by atoms with van der Waals surface area (Å²) < 4.78 is 2.44. The number of aromatic nitrogens is 2. The Morgan fingerprint density at radius 2 is 1.93 bits per heavy atom. The van der Waals surface area contributed by atoms with Crippen molar-refractivity contribution in [3.8, 4) is 5.69 Å². The standard InChI is InChI=1S/C19H16BrClN4O3/c1-10-11(2)17(7-5-15(10)20)24-19(26)14(12(3)23-24)9-22-13-4-6-16(21)18(8-13)25(27)28/h4-9,23H,1-3H3. The van der Waals surface area contributed by atoms with E-state index in [1.165, 1.54) is 23.0 Å². The summed E-state index contributed by atoms with van der Waals surface area (Å²) in [5, 5.41) is 14.1. The van der Waals surface area contributed by atoms with Crippen LogP contribution in [0.4, 0.5) is 11.4 Å². The lowest BCUT2D eigenvalue weighted by Crippen LogP contribution is -2.18. The third-order valence-electron chi connectivity index (χ3n) is 4.52. The molecule has 3 aromatic rings. The monoisotopic (exact) mass is 462 g/mol. The largest absolute Gasteiger partial charge is 0.295 e. The Morgan fingerprint density at radius 1 is 1.21 bits per heavy atom. The first-order valence-corrected chi connectivity index (χ1v) is 9.43. The molecule has 0 saturated carbocycles. The lowest BCUT2D eigenvalue weighted by molar-refractivity contribution is -0.384. The SMILES string of the molecule is Cc1[nH]n(-c2ccc(Br)c(C)c2C)c(=O)c1C=Nc1ccc(Cl)c([N+](=O)[O-])c1. The highest BCUT2D eigenvalue weighted by Crippen LogP contribution is 2.29. The molecule has 0 bridgehead atoms. The number of hydrogen-bond donors (Lipinski definition) is 1. The summed E-state index contributed by atoms with van der Waals surface area (Å²) >= 11 is 9.30. The predicted molar refractivity (Wildman–Crippen MR) is 114 cm³/mol. The molecule has 0 aliphatic rings. The molecule has 7 nitrogen and oxygen atoms in total. The number of aliphatic imine (C=N–C) groups is 1. The van der Waals surface area contributed by atoms with E-state index in [-0.39, 0.29) is 16.3 Å². The Morgan fingerprint density at radius 3 is 2.61 bits per heavy atom. The molecule has 1 heterocycles. The lowest BCUT2D eigenvalue weighted by Gasteiger charge is -2.10. The van der Waals surface area contributed by atoms with E-state index < -0.39 is 4.92 Å². The Kier molecular flexibility index (Phi) is 5.53. The molecule has 0 aliphatic heterocycles. The van der Waals surface area contributed by atoms with Crippen LogP contribution in [0.1, 0.15) is 22.4 Å². The summed E-state index contributed by atoms with van der Waals surface area (Å²) in [5.41, 5.74) is 3.61. The lowest BCUT2D eigenvalue weighted by atomic mass is 10.1. The van der Waals surface area contributed by atoms with Gasteiger partial charge in [-0.3, -0.25) is 25.0 Å². The van der Waals surface area contributed by atoms with E-state index in [2.05, 4.69) is 26.0 Å². The van der Waals surface area contributed by atoms with Gasteiger partial charge in [0.25, 0.3) is 11.2 Å². The molecule has 0 saturated heterocycles. The van der Waals surface area contributed by atoms with Crippen LogP contribution in [0, 0.1) is 30.9 Å². The quantitative estimate of drug-likeness (QED) is 0.329. The van der Waals surface area contributed by atoms with Gasteiger partial charge >= 0.3 is 0 Å². The topological polar surface area (TPSA) is 93.3 Å². The summed E-state index contributed by atoms with van der Waals surface area (Å²) in [6.45, 7) is 5.68. The number of nitro groups is 1. The molecule has 0 amide bonds. The number of nitrogens with zero attached hydrogens (tertiary/aromatic N) is 3. The van der Waals surface area contributed by atoms with Gasteiger partial charge < -0.3 is 0 Å². The van der Waals surface area contributed by atoms with Crippen molar-refractivity contribution in [2.45, 2.75) is 20.8 Å². The van der Waals surface area contributed by atoms with E-state index in [0.717, 1.165) is 21.3 Å². The summed E-state index contributed by atoms with van der Waals surface area (Å²) in [4.78, 5) is 27.5. The second kappa shape index (κ2) is 7.73. The van der Waals surface area contributed by atoms with Gasteiger partial charge in [-0.05, 0) is 56.2 Å². The number of aromatic amines is 1. The fourth-order valence-corrected chi connectivity index (χ4v) is 3.37. The number of benzene rings is 2. The van der Waals surface area contributed by atoms with E-state index >= 15 is 0 Å². The van der Waals surface area contributed by atoms with Gasteiger partial charge in [0.15, 0.2) is 0 Å². The Balaban J connectivity index is 2.03. The van der Waals surface area contributed by atoms with Crippen molar-refractivity contribution in [2.24, 2.45) is 4.99 Å². The molecule has 0 unspecified atom stereocenters. The van der Waals surface area contributed by atoms with Crippen molar-refractivity contribution in [3.05, 3.63) is 82.7 Å². The van der Waals surface area contributed by atoms with Gasteiger partial charge in [-0.1, -0.05) is 27.5 Å². The third-order valence-corrected chi connectivity index (χ3v) is 5.70. The van der Waals surface area contributed by atoms with Gasteiger partial charge in [-0.2, -0.15) is 0 Å². The van der Waals surface area contributed by atoms with Crippen molar-refractivity contribution in [2.75, 3.05) is 0 Å². The fraction of sp³-hybridized carbons (Fsp3) is 0.158. The highest BCUT2D eigenvalue weighted by molar-refractivity contribution is 9.10. The van der Waals surface area contributed by atoms with E-state index in [1.807, 2.05) is 26.0 Å². The minimum atomic E-state index is -0.575. The summed E-state index contributed by atoms with van der Waals surface area (Å²) in [7, 11) is 0. The Hall–Kier alpha value is -2.71. The summed E-state index contributed by atoms with van der Waals surface area (Å²) in [5.74, 6) is 0. The molecule has 0 atom stereocenters. The highest BCUT2D eigenvalue weighted by atomic mass is 79.9. The maximum absolute atomic E-state index is 12.9. The molecule has 0 spiro atoms. The number of hydrogen-bond acceptors (Lipinski definition) is 4. The normalized spacial score (nSPS) is 11.3. The number of halogens is 2. The first-order valence-electron chi connectivity index (χ1n) is 8.26. The van der Waals surface area contributed by atoms with E-state index in [0.29, 0.717) is 16.9 Å². The van der Waals surface area contributed by atoms with Crippen LogP contribution in [0.2, 0.25) is 5.02 Å². The van der Waals surface area contributed by atoms with Gasteiger partial charge in [-0.15, -0.1) is 0 Å².